The largest absolute Gasteiger partial charge is 0.496 e. The molecule has 0 atom stereocenters. The van der Waals surface area contributed by atoms with Crippen molar-refractivity contribution < 1.29 is 22.6 Å². The Morgan fingerprint density at radius 1 is 0.960 bits per heavy atom. The van der Waals surface area contributed by atoms with Crippen molar-refractivity contribution >= 4 is 10.0 Å². The van der Waals surface area contributed by atoms with Gasteiger partial charge in [0.05, 0.1) is 18.6 Å². The Hall–Kier alpha value is -2.09. The van der Waals surface area contributed by atoms with Gasteiger partial charge in [-0.25, -0.2) is 8.42 Å². The molecule has 0 fully saturated rings. The standard InChI is InChI=1S/C18H23NO5S/c1-19(14-15-6-4-5-7-18(15)23-3)25(20,21)17-10-8-16(9-11-17)24-13-12-22-2/h4-11H,12-14H2,1-3H3. The van der Waals surface area contributed by atoms with Crippen molar-refractivity contribution in [2.24, 2.45) is 0 Å². The highest BCUT2D eigenvalue weighted by Crippen LogP contribution is 2.23. The first kappa shape index (κ1) is 19.2. The number of benzene rings is 2. The van der Waals surface area contributed by atoms with Crippen molar-refractivity contribution in [3.05, 3.63) is 54.1 Å². The first-order valence-electron chi connectivity index (χ1n) is 7.79. The van der Waals surface area contributed by atoms with E-state index in [2.05, 4.69) is 0 Å². The molecule has 0 aliphatic rings. The second-order valence-corrected chi connectivity index (χ2v) is 7.43. The van der Waals surface area contributed by atoms with Crippen LogP contribution in [0.4, 0.5) is 0 Å². The summed E-state index contributed by atoms with van der Waals surface area (Å²) in [6, 6.07) is 13.7. The van der Waals surface area contributed by atoms with Crippen molar-refractivity contribution in [1.29, 1.82) is 0 Å². The predicted octanol–water partition coefficient (Wildman–Crippen LogP) is 2.54. The van der Waals surface area contributed by atoms with Crippen LogP contribution >= 0.6 is 0 Å². The highest BCUT2D eigenvalue weighted by molar-refractivity contribution is 7.89. The molecule has 7 heteroatoms. The number of ether oxygens (including phenoxy) is 3. The molecule has 6 nitrogen and oxygen atoms in total. The highest BCUT2D eigenvalue weighted by atomic mass is 32.2. The highest BCUT2D eigenvalue weighted by Gasteiger charge is 2.22. The van der Waals surface area contributed by atoms with Crippen LogP contribution in [-0.2, 0) is 21.3 Å². The Morgan fingerprint density at radius 2 is 1.64 bits per heavy atom. The summed E-state index contributed by atoms with van der Waals surface area (Å²) in [5.74, 6) is 1.26. The molecule has 136 valence electrons. The van der Waals surface area contributed by atoms with Gasteiger partial charge in [0.2, 0.25) is 10.0 Å². The first-order valence-corrected chi connectivity index (χ1v) is 9.23. The average molecular weight is 365 g/mol. The van der Waals surface area contributed by atoms with Gasteiger partial charge in [0.15, 0.2) is 0 Å². The van der Waals surface area contributed by atoms with Crippen molar-refractivity contribution in [1.82, 2.24) is 4.31 Å². The van der Waals surface area contributed by atoms with Gasteiger partial charge in [0.1, 0.15) is 18.1 Å². The van der Waals surface area contributed by atoms with E-state index >= 15 is 0 Å². The van der Waals surface area contributed by atoms with Crippen LogP contribution in [0.1, 0.15) is 5.56 Å². The molecule has 0 heterocycles. The zero-order chi connectivity index (χ0) is 18.3. The van der Waals surface area contributed by atoms with E-state index in [0.29, 0.717) is 24.7 Å². The zero-order valence-electron chi connectivity index (χ0n) is 14.6. The number of nitrogens with zero attached hydrogens (tertiary/aromatic N) is 1. The molecule has 2 rings (SSSR count). The minimum absolute atomic E-state index is 0.212. The minimum Gasteiger partial charge on any atom is -0.496 e. The summed E-state index contributed by atoms with van der Waals surface area (Å²) >= 11 is 0. The number of hydrogen-bond acceptors (Lipinski definition) is 5. The van der Waals surface area contributed by atoms with Crippen LogP contribution in [0.25, 0.3) is 0 Å². The topological polar surface area (TPSA) is 65.1 Å². The summed E-state index contributed by atoms with van der Waals surface area (Å²) in [5.41, 5.74) is 0.801. The van der Waals surface area contributed by atoms with Gasteiger partial charge in [-0.1, -0.05) is 18.2 Å². The van der Waals surface area contributed by atoms with Crippen molar-refractivity contribution in [2.45, 2.75) is 11.4 Å². The van der Waals surface area contributed by atoms with Gasteiger partial charge < -0.3 is 14.2 Å². The second kappa shape index (κ2) is 8.84. The van der Waals surface area contributed by atoms with E-state index in [4.69, 9.17) is 14.2 Å². The number of sulfonamides is 1. The van der Waals surface area contributed by atoms with E-state index in [1.165, 1.54) is 16.4 Å². The molecule has 0 amide bonds. The van der Waals surface area contributed by atoms with Crippen molar-refractivity contribution in [3.8, 4) is 11.5 Å². The summed E-state index contributed by atoms with van der Waals surface area (Å²) < 4.78 is 42.4. The van der Waals surface area contributed by atoms with E-state index in [1.807, 2.05) is 24.3 Å². The summed E-state index contributed by atoms with van der Waals surface area (Å²) in [6.07, 6.45) is 0. The quantitative estimate of drug-likeness (QED) is 0.639. The van der Waals surface area contributed by atoms with Crippen LogP contribution in [0.2, 0.25) is 0 Å². The molecular formula is C18H23NO5S. The van der Waals surface area contributed by atoms with Crippen LogP contribution in [-0.4, -0.2) is 47.2 Å². The minimum atomic E-state index is -3.61. The molecule has 2 aromatic carbocycles. The van der Waals surface area contributed by atoms with E-state index in [-0.39, 0.29) is 11.4 Å². The van der Waals surface area contributed by atoms with Gasteiger partial charge in [0.25, 0.3) is 0 Å². The predicted molar refractivity (Wildman–Crippen MR) is 95.5 cm³/mol. The number of rotatable bonds is 9. The third-order valence-corrected chi connectivity index (χ3v) is 5.49. The fourth-order valence-corrected chi connectivity index (χ4v) is 3.44. The molecule has 0 N–H and O–H groups in total. The Morgan fingerprint density at radius 3 is 2.28 bits per heavy atom. The summed E-state index contributed by atoms with van der Waals surface area (Å²) in [5, 5.41) is 0. The maximum absolute atomic E-state index is 12.7. The molecule has 0 aromatic heterocycles. The van der Waals surface area contributed by atoms with Gasteiger partial charge in [-0.05, 0) is 30.3 Å². The monoisotopic (exact) mass is 365 g/mol. The van der Waals surface area contributed by atoms with Gasteiger partial charge in [-0.3, -0.25) is 0 Å². The molecule has 0 radical (unpaired) electrons. The lowest BCUT2D eigenvalue weighted by atomic mass is 10.2. The molecule has 0 saturated heterocycles. The van der Waals surface area contributed by atoms with E-state index in [9.17, 15) is 8.42 Å². The van der Waals surface area contributed by atoms with Crippen LogP contribution in [0, 0.1) is 0 Å². The molecule has 0 aliphatic carbocycles. The lowest BCUT2D eigenvalue weighted by Crippen LogP contribution is -2.26. The summed E-state index contributed by atoms with van der Waals surface area (Å²) in [4.78, 5) is 0.212. The van der Waals surface area contributed by atoms with E-state index in [0.717, 1.165) is 5.56 Å². The van der Waals surface area contributed by atoms with Crippen molar-refractivity contribution in [2.75, 3.05) is 34.5 Å². The smallest absolute Gasteiger partial charge is 0.243 e. The molecule has 2 aromatic rings. The molecule has 0 spiro atoms. The van der Waals surface area contributed by atoms with Crippen LogP contribution < -0.4 is 9.47 Å². The SMILES string of the molecule is COCCOc1ccc(S(=O)(=O)N(C)Cc2ccccc2OC)cc1. The van der Waals surface area contributed by atoms with Crippen molar-refractivity contribution in [3.63, 3.8) is 0 Å². The molecule has 0 bridgehead atoms. The van der Waals surface area contributed by atoms with Crippen LogP contribution in [0.15, 0.2) is 53.4 Å². The molecular weight excluding hydrogens is 342 g/mol. The van der Waals surface area contributed by atoms with Gasteiger partial charge >= 0.3 is 0 Å². The van der Waals surface area contributed by atoms with Gasteiger partial charge in [0, 0.05) is 26.3 Å². The maximum Gasteiger partial charge on any atom is 0.243 e. The number of hydrogen-bond donors (Lipinski definition) is 0. The molecule has 0 saturated carbocycles. The normalized spacial score (nSPS) is 11.5. The lowest BCUT2D eigenvalue weighted by Gasteiger charge is -2.19. The van der Waals surface area contributed by atoms with Gasteiger partial charge in [-0.15, -0.1) is 0 Å². The zero-order valence-corrected chi connectivity index (χ0v) is 15.5. The fourth-order valence-electron chi connectivity index (χ4n) is 2.29. The molecule has 0 unspecified atom stereocenters. The molecule has 0 aliphatic heterocycles. The van der Waals surface area contributed by atoms with E-state index < -0.39 is 10.0 Å². The Bertz CT molecular complexity index is 774. The Labute approximate surface area is 149 Å². The van der Waals surface area contributed by atoms with Gasteiger partial charge in [-0.2, -0.15) is 4.31 Å². The fraction of sp³-hybridized carbons (Fsp3) is 0.333. The lowest BCUT2D eigenvalue weighted by molar-refractivity contribution is 0.146. The average Bonchev–Trinajstić information content (AvgIpc) is 2.63. The van der Waals surface area contributed by atoms with Crippen LogP contribution in [0.3, 0.4) is 0 Å². The first-order chi connectivity index (χ1) is 12.0. The Kier molecular flexibility index (Phi) is 6.81. The molecule has 25 heavy (non-hydrogen) atoms. The third kappa shape index (κ3) is 4.94. The van der Waals surface area contributed by atoms with E-state index in [1.54, 1.807) is 33.4 Å². The number of para-hydroxylation sites is 1. The second-order valence-electron chi connectivity index (χ2n) is 5.39. The maximum atomic E-state index is 12.7. The third-order valence-electron chi connectivity index (χ3n) is 3.67. The number of methoxy groups -OCH3 is 2. The Balaban J connectivity index is 2.11. The summed E-state index contributed by atoms with van der Waals surface area (Å²) in [7, 11) is 1.10. The summed E-state index contributed by atoms with van der Waals surface area (Å²) in [6.45, 7) is 1.11. The van der Waals surface area contributed by atoms with Crippen LogP contribution in [0.5, 0.6) is 11.5 Å².